The zero-order valence-electron chi connectivity index (χ0n) is 13.9. The second-order valence-electron chi connectivity index (χ2n) is 5.11. The van der Waals surface area contributed by atoms with Gasteiger partial charge in [-0.2, -0.15) is 0 Å². The molecule has 0 aliphatic heterocycles. The number of hydrogen-bond acceptors (Lipinski definition) is 9. The van der Waals surface area contributed by atoms with Gasteiger partial charge in [-0.05, 0) is 24.5 Å². The number of nitrogens with zero attached hydrogens (tertiary/aromatic N) is 3. The molecule has 0 aliphatic rings. The summed E-state index contributed by atoms with van der Waals surface area (Å²) in [6.45, 7) is -0.488. The van der Waals surface area contributed by atoms with Crippen molar-refractivity contribution in [2.24, 2.45) is 0 Å². The molecule has 0 radical (unpaired) electrons. The minimum Gasteiger partial charge on any atom is -0.452 e. The van der Waals surface area contributed by atoms with Crippen LogP contribution in [0.25, 0.3) is 10.2 Å². The Balaban J connectivity index is 1.63. The minimum atomic E-state index is -0.650. The largest absolute Gasteiger partial charge is 0.452 e. The van der Waals surface area contributed by atoms with E-state index in [4.69, 9.17) is 4.74 Å². The number of fused-ring (bicyclic) bond motifs is 1. The first-order valence-corrected chi connectivity index (χ1v) is 9.53. The lowest BCUT2D eigenvalue weighted by atomic mass is 10.3. The zero-order chi connectivity index (χ0) is 19.4. The molecule has 0 atom stereocenters. The number of nitrogens with one attached hydrogen (secondary N) is 1. The summed E-state index contributed by atoms with van der Waals surface area (Å²) in [4.78, 5) is 42.6. The SMILES string of the molecule is CSc1ncccc1C(=O)OCC(=O)Nc1nc2ccc([N+](=O)[O-])cc2s1. The number of benzene rings is 1. The van der Waals surface area contributed by atoms with Crippen LogP contribution >= 0.6 is 23.1 Å². The van der Waals surface area contributed by atoms with Gasteiger partial charge in [-0.15, -0.1) is 11.8 Å². The molecular weight excluding hydrogens is 392 g/mol. The average Bonchev–Trinajstić information content (AvgIpc) is 3.07. The molecule has 3 rings (SSSR count). The summed E-state index contributed by atoms with van der Waals surface area (Å²) in [5, 5.41) is 14.1. The van der Waals surface area contributed by atoms with Gasteiger partial charge in [0.1, 0.15) is 5.03 Å². The van der Waals surface area contributed by atoms with Crippen LogP contribution in [0.5, 0.6) is 0 Å². The summed E-state index contributed by atoms with van der Waals surface area (Å²) in [6.07, 6.45) is 3.34. The van der Waals surface area contributed by atoms with Crippen LogP contribution in [-0.4, -0.2) is 39.6 Å². The fourth-order valence-electron chi connectivity index (χ4n) is 2.15. The zero-order valence-corrected chi connectivity index (χ0v) is 15.5. The van der Waals surface area contributed by atoms with Gasteiger partial charge < -0.3 is 4.74 Å². The molecule has 138 valence electrons. The fourth-order valence-corrected chi connectivity index (χ4v) is 3.61. The van der Waals surface area contributed by atoms with Crippen LogP contribution in [0.15, 0.2) is 41.6 Å². The summed E-state index contributed by atoms with van der Waals surface area (Å²) in [6, 6.07) is 7.41. The van der Waals surface area contributed by atoms with E-state index in [9.17, 15) is 19.7 Å². The number of rotatable bonds is 6. The number of nitro benzene ring substituents is 1. The van der Waals surface area contributed by atoms with Crippen LogP contribution in [0.3, 0.4) is 0 Å². The van der Waals surface area contributed by atoms with Gasteiger partial charge in [-0.1, -0.05) is 11.3 Å². The number of aromatic nitrogens is 2. The highest BCUT2D eigenvalue weighted by molar-refractivity contribution is 7.98. The second kappa shape index (κ2) is 8.10. The van der Waals surface area contributed by atoms with Crippen molar-refractivity contribution in [1.82, 2.24) is 9.97 Å². The third-order valence-corrected chi connectivity index (χ3v) is 4.99. The molecule has 0 bridgehead atoms. The predicted molar refractivity (Wildman–Crippen MR) is 101 cm³/mol. The van der Waals surface area contributed by atoms with Crippen molar-refractivity contribution >= 4 is 56.0 Å². The van der Waals surface area contributed by atoms with E-state index in [1.165, 1.54) is 30.0 Å². The van der Waals surface area contributed by atoms with E-state index in [-0.39, 0.29) is 16.4 Å². The first kappa shape index (κ1) is 18.7. The predicted octanol–water partition coefficient (Wildman–Crippen LogP) is 3.12. The maximum Gasteiger partial charge on any atom is 0.341 e. The lowest BCUT2D eigenvalue weighted by molar-refractivity contribution is -0.384. The highest BCUT2D eigenvalue weighted by Gasteiger charge is 2.16. The van der Waals surface area contributed by atoms with Crippen LogP contribution in [0.1, 0.15) is 10.4 Å². The summed E-state index contributed by atoms with van der Waals surface area (Å²) in [5.74, 6) is -1.21. The minimum absolute atomic E-state index is 0.0565. The number of thiazole rings is 1. The van der Waals surface area contributed by atoms with Gasteiger partial charge in [0.05, 0.1) is 20.7 Å². The molecule has 1 aromatic carbocycles. The van der Waals surface area contributed by atoms with Crippen molar-refractivity contribution in [3.05, 3.63) is 52.2 Å². The van der Waals surface area contributed by atoms with Crippen LogP contribution in [0, 0.1) is 10.1 Å². The normalized spacial score (nSPS) is 10.6. The van der Waals surface area contributed by atoms with Crippen LogP contribution in [0.2, 0.25) is 0 Å². The first-order chi connectivity index (χ1) is 13.0. The van der Waals surface area contributed by atoms with Gasteiger partial charge in [-0.25, -0.2) is 14.8 Å². The Hall–Kier alpha value is -3.05. The van der Waals surface area contributed by atoms with E-state index in [1.807, 2.05) is 0 Å². The van der Waals surface area contributed by atoms with E-state index in [0.29, 0.717) is 15.2 Å². The van der Waals surface area contributed by atoms with Crippen molar-refractivity contribution in [2.45, 2.75) is 5.03 Å². The average molecular weight is 404 g/mol. The van der Waals surface area contributed by atoms with Gasteiger partial charge in [0, 0.05) is 18.3 Å². The number of thioether (sulfide) groups is 1. The van der Waals surface area contributed by atoms with Gasteiger partial charge >= 0.3 is 5.97 Å². The number of ether oxygens (including phenoxy) is 1. The standard InChI is InChI=1S/C16H12N4O5S2/c1-26-14-10(3-2-6-17-14)15(22)25-8-13(21)19-16-18-11-5-4-9(20(23)24)7-12(11)27-16/h2-7H,8H2,1H3,(H,18,19,21). The van der Waals surface area contributed by atoms with Gasteiger partial charge in [0.2, 0.25) is 0 Å². The maximum absolute atomic E-state index is 12.1. The number of anilines is 1. The Kier molecular flexibility index (Phi) is 5.62. The number of amides is 1. The quantitative estimate of drug-likeness (QED) is 0.288. The third-order valence-electron chi connectivity index (χ3n) is 3.35. The van der Waals surface area contributed by atoms with Gasteiger partial charge in [0.15, 0.2) is 11.7 Å². The Labute approximate surface area is 160 Å². The molecular formula is C16H12N4O5S2. The molecule has 1 N–H and O–H groups in total. The van der Waals surface area contributed by atoms with E-state index < -0.39 is 23.4 Å². The summed E-state index contributed by atoms with van der Waals surface area (Å²) >= 11 is 2.39. The number of pyridine rings is 1. The van der Waals surface area contributed by atoms with E-state index in [0.717, 1.165) is 11.3 Å². The lowest BCUT2D eigenvalue weighted by Crippen LogP contribution is -2.21. The molecule has 0 fully saturated rings. The van der Waals surface area contributed by atoms with Crippen molar-refractivity contribution in [3.63, 3.8) is 0 Å². The Morgan fingerprint density at radius 3 is 2.93 bits per heavy atom. The Morgan fingerprint density at radius 1 is 1.37 bits per heavy atom. The monoisotopic (exact) mass is 404 g/mol. The van der Waals surface area contributed by atoms with E-state index in [2.05, 4.69) is 15.3 Å². The topological polar surface area (TPSA) is 124 Å². The number of nitro groups is 1. The van der Waals surface area contributed by atoms with Gasteiger partial charge in [0.25, 0.3) is 11.6 Å². The number of non-ortho nitro benzene ring substituents is 1. The molecule has 3 aromatic rings. The highest BCUT2D eigenvalue weighted by Crippen LogP contribution is 2.29. The number of carbonyl (C=O) groups excluding carboxylic acids is 2. The van der Waals surface area contributed by atoms with Crippen LogP contribution < -0.4 is 5.32 Å². The fraction of sp³-hybridized carbons (Fsp3) is 0.125. The molecule has 1 amide bonds. The summed E-state index contributed by atoms with van der Waals surface area (Å²) < 4.78 is 5.58. The molecule has 2 heterocycles. The number of esters is 1. The summed E-state index contributed by atoms with van der Waals surface area (Å²) in [7, 11) is 0. The molecule has 0 aliphatic carbocycles. The van der Waals surface area contributed by atoms with E-state index >= 15 is 0 Å². The van der Waals surface area contributed by atoms with E-state index in [1.54, 1.807) is 24.6 Å². The smallest absolute Gasteiger partial charge is 0.341 e. The van der Waals surface area contributed by atoms with Crippen molar-refractivity contribution < 1.29 is 19.2 Å². The number of hydrogen-bond donors (Lipinski definition) is 1. The molecule has 0 spiro atoms. The third kappa shape index (κ3) is 4.38. The molecule has 27 heavy (non-hydrogen) atoms. The highest BCUT2D eigenvalue weighted by atomic mass is 32.2. The molecule has 2 aromatic heterocycles. The molecule has 0 saturated carbocycles. The molecule has 11 heteroatoms. The lowest BCUT2D eigenvalue weighted by Gasteiger charge is -2.06. The number of carbonyl (C=O) groups is 2. The summed E-state index contributed by atoms with van der Waals surface area (Å²) in [5.41, 5.74) is 0.752. The van der Waals surface area contributed by atoms with Crippen LogP contribution in [-0.2, 0) is 9.53 Å². The van der Waals surface area contributed by atoms with Crippen LogP contribution in [0.4, 0.5) is 10.8 Å². The molecule has 0 unspecified atom stereocenters. The maximum atomic E-state index is 12.1. The first-order valence-electron chi connectivity index (χ1n) is 7.49. The molecule has 0 saturated heterocycles. The second-order valence-corrected chi connectivity index (χ2v) is 6.94. The Bertz CT molecular complexity index is 1040. The van der Waals surface area contributed by atoms with Gasteiger partial charge in [-0.3, -0.25) is 20.2 Å². The Morgan fingerprint density at radius 2 is 2.19 bits per heavy atom. The molecule has 9 nitrogen and oxygen atoms in total. The van der Waals surface area contributed by atoms with Crippen molar-refractivity contribution in [2.75, 3.05) is 18.2 Å². The van der Waals surface area contributed by atoms with Crippen molar-refractivity contribution in [3.8, 4) is 0 Å². The van der Waals surface area contributed by atoms with Crippen molar-refractivity contribution in [1.29, 1.82) is 0 Å².